The normalized spacial score (nSPS) is 11.4. The average molecular weight is 762 g/mol. The number of hydrogen-bond donors (Lipinski definition) is 0. The van der Waals surface area contributed by atoms with E-state index >= 15 is 0 Å². The van der Waals surface area contributed by atoms with Crippen LogP contribution in [0.5, 0.6) is 0 Å². The fraction of sp³-hybridized carbons (Fsp3) is 0.261. The van der Waals surface area contributed by atoms with Gasteiger partial charge in [-0.05, 0) is 88.4 Å². The highest BCUT2D eigenvalue weighted by Crippen LogP contribution is 2.21. The molecule has 6 heteroatoms. The summed E-state index contributed by atoms with van der Waals surface area (Å²) < 4.78 is 0. The number of rotatable bonds is 10. The maximum Gasteiger partial charge on any atom is 0.243 e. The van der Waals surface area contributed by atoms with Crippen molar-refractivity contribution in [1.29, 1.82) is 0 Å². The predicted molar refractivity (Wildman–Crippen MR) is 235 cm³/mol. The zero-order chi connectivity index (χ0) is 37.4. The highest BCUT2D eigenvalue weighted by molar-refractivity contribution is 6.99. The van der Waals surface area contributed by atoms with Gasteiger partial charge in [-0.1, -0.05) is 162 Å². The van der Waals surface area contributed by atoms with Crippen LogP contribution in [0.2, 0.25) is 0 Å². The summed E-state index contributed by atoms with van der Waals surface area (Å²) >= 11 is 27.2. The summed E-state index contributed by atoms with van der Waals surface area (Å²) in [6, 6.07) is 31.9. The van der Waals surface area contributed by atoms with Crippen LogP contribution >= 0.6 is 46.4 Å². The van der Waals surface area contributed by atoms with Gasteiger partial charge in [-0.25, -0.2) is 0 Å². The van der Waals surface area contributed by atoms with Crippen molar-refractivity contribution in [3.05, 3.63) is 152 Å². The molecule has 0 nitrogen and oxygen atoms in total. The first-order chi connectivity index (χ1) is 24.9. The maximum absolute atomic E-state index is 6.82. The van der Waals surface area contributed by atoms with Gasteiger partial charge in [0.25, 0.3) is 0 Å². The van der Waals surface area contributed by atoms with Crippen LogP contribution < -0.4 is 32.8 Å². The lowest BCUT2D eigenvalue weighted by molar-refractivity contribution is 1.31. The molecular weight excluding hydrogens is 716 g/mol. The van der Waals surface area contributed by atoms with Crippen molar-refractivity contribution in [3.8, 4) is 0 Å². The van der Waals surface area contributed by atoms with Crippen LogP contribution in [0.4, 0.5) is 0 Å². The largest absolute Gasteiger partial charge is 0.243 e. The number of fused-ring (bicyclic) bond motifs is 1. The van der Waals surface area contributed by atoms with E-state index in [2.05, 4.69) is 140 Å². The van der Waals surface area contributed by atoms with E-state index in [0.29, 0.717) is 23.5 Å². The van der Waals surface area contributed by atoms with E-state index in [4.69, 9.17) is 46.4 Å². The topological polar surface area (TPSA) is 0 Å². The smallest absolute Gasteiger partial charge is 0.122 e. The average Bonchev–Trinajstić information content (AvgIpc) is 3.10. The summed E-state index contributed by atoms with van der Waals surface area (Å²) in [5.74, 6) is 1.71. The zero-order valence-electron chi connectivity index (χ0n) is 31.6. The third-order valence-electron chi connectivity index (χ3n) is 10.8. The highest BCUT2D eigenvalue weighted by atomic mass is 35.5. The Hall–Kier alpha value is -3.13. The van der Waals surface area contributed by atoms with Gasteiger partial charge in [-0.2, -0.15) is 0 Å². The fourth-order valence-electron chi connectivity index (χ4n) is 9.04. The first-order valence-corrected chi connectivity index (χ1v) is 20.2. The minimum absolute atomic E-state index is 0.0707. The lowest BCUT2D eigenvalue weighted by Crippen LogP contribution is -2.57. The quantitative estimate of drug-likeness (QED) is 0.0965. The molecule has 0 aliphatic carbocycles. The van der Waals surface area contributed by atoms with Crippen molar-refractivity contribution < 1.29 is 0 Å². The highest BCUT2D eigenvalue weighted by Gasteiger charge is 2.33. The Morgan fingerprint density at radius 2 is 0.769 bits per heavy atom. The molecule has 6 rings (SSSR count). The molecule has 0 bridgehead atoms. The summed E-state index contributed by atoms with van der Waals surface area (Å²) in [5.41, 5.74) is 21.9. The van der Waals surface area contributed by atoms with Crippen molar-refractivity contribution in [2.75, 3.05) is 0 Å². The van der Waals surface area contributed by atoms with Crippen molar-refractivity contribution in [2.24, 2.45) is 0 Å². The molecule has 0 atom stereocenters. The first-order valence-electron chi connectivity index (χ1n) is 18.1. The number of benzene rings is 6. The first kappa shape index (κ1) is 38.6. The van der Waals surface area contributed by atoms with Gasteiger partial charge >= 0.3 is 0 Å². The Balaban J connectivity index is 1.74. The molecule has 0 aliphatic heterocycles. The SMILES string of the molecule is Cc1cc(C)c(B(c2ccc3cccc(B(c4c(C)cc(C)cc4CCl)c4c(C)cc(C)cc4CCl)c3c2)c2c(C)cc(C)cc2CCl)c(CCl)c1. The van der Waals surface area contributed by atoms with E-state index < -0.39 is 0 Å². The van der Waals surface area contributed by atoms with E-state index in [1.165, 1.54) is 88.1 Å². The number of hydrogen-bond acceptors (Lipinski definition) is 0. The maximum atomic E-state index is 6.82. The summed E-state index contributed by atoms with van der Waals surface area (Å²) in [6.07, 6.45) is 0. The van der Waals surface area contributed by atoms with Crippen LogP contribution in [0.3, 0.4) is 0 Å². The van der Waals surface area contributed by atoms with Crippen LogP contribution in [0.15, 0.2) is 84.9 Å². The van der Waals surface area contributed by atoms with Crippen molar-refractivity contribution in [2.45, 2.75) is 78.9 Å². The van der Waals surface area contributed by atoms with E-state index in [-0.39, 0.29) is 13.4 Å². The van der Waals surface area contributed by atoms with Crippen LogP contribution in [0.1, 0.15) is 66.8 Å². The molecule has 0 aromatic heterocycles. The number of halogens is 4. The van der Waals surface area contributed by atoms with E-state index in [1.807, 2.05) is 0 Å². The van der Waals surface area contributed by atoms with Gasteiger partial charge < -0.3 is 0 Å². The lowest BCUT2D eigenvalue weighted by atomic mass is 9.32. The fourth-order valence-corrected chi connectivity index (χ4v) is 9.92. The third kappa shape index (κ3) is 7.35. The minimum atomic E-state index is -0.0832. The van der Waals surface area contributed by atoms with Gasteiger partial charge in [-0.15, -0.1) is 46.4 Å². The third-order valence-corrected chi connectivity index (χ3v) is 11.9. The molecule has 0 unspecified atom stereocenters. The van der Waals surface area contributed by atoms with Gasteiger partial charge in [0, 0.05) is 23.5 Å². The van der Waals surface area contributed by atoms with E-state index in [9.17, 15) is 0 Å². The van der Waals surface area contributed by atoms with E-state index in [0.717, 1.165) is 22.3 Å². The Kier molecular flexibility index (Phi) is 11.9. The standard InChI is InChI=1S/C46H46B2Cl4/c1-27-14-31(5)43(36(18-27)23-49)47(44-32(6)15-28(2)19-37(44)24-50)40-13-12-35-10-9-11-42(41(35)22-40)48(45-33(7)16-29(3)20-38(45)25-51)46-34(8)17-30(4)21-39(46)26-52/h9-22H,23-26H2,1-8H3. The van der Waals surface area contributed by atoms with Crippen molar-refractivity contribution in [3.63, 3.8) is 0 Å². The molecule has 0 heterocycles. The second kappa shape index (κ2) is 16.1. The van der Waals surface area contributed by atoms with Crippen LogP contribution in [0, 0.1) is 55.4 Å². The van der Waals surface area contributed by atoms with Gasteiger partial charge in [0.05, 0.1) is 0 Å². The molecular formula is C46H46B2Cl4. The van der Waals surface area contributed by atoms with Gasteiger partial charge in [0.15, 0.2) is 0 Å². The molecule has 0 saturated heterocycles. The van der Waals surface area contributed by atoms with Crippen molar-refractivity contribution in [1.82, 2.24) is 0 Å². The van der Waals surface area contributed by atoms with Crippen LogP contribution in [-0.2, 0) is 23.5 Å². The molecule has 6 aromatic carbocycles. The molecule has 0 saturated carbocycles. The van der Waals surface area contributed by atoms with Crippen LogP contribution in [-0.4, -0.2) is 13.4 Å². The Morgan fingerprint density at radius 1 is 0.404 bits per heavy atom. The Bertz CT molecular complexity index is 2190. The molecule has 6 aromatic rings. The Morgan fingerprint density at radius 3 is 1.13 bits per heavy atom. The van der Waals surface area contributed by atoms with Crippen LogP contribution in [0.25, 0.3) is 10.8 Å². The molecule has 0 radical (unpaired) electrons. The molecule has 52 heavy (non-hydrogen) atoms. The molecule has 0 N–H and O–H groups in total. The van der Waals surface area contributed by atoms with Gasteiger partial charge in [0.1, 0.15) is 0 Å². The summed E-state index contributed by atoms with van der Waals surface area (Å²) in [6.45, 7) is 17.3. The lowest BCUT2D eigenvalue weighted by Gasteiger charge is -2.28. The molecule has 0 fully saturated rings. The predicted octanol–water partition coefficient (Wildman–Crippen LogP) is 9.29. The summed E-state index contributed by atoms with van der Waals surface area (Å²) in [5, 5.41) is 2.40. The second-order valence-corrected chi connectivity index (χ2v) is 15.9. The molecule has 0 spiro atoms. The monoisotopic (exact) mass is 760 g/mol. The van der Waals surface area contributed by atoms with Gasteiger partial charge in [0.2, 0.25) is 13.4 Å². The molecule has 264 valence electrons. The second-order valence-electron chi connectivity index (χ2n) is 14.8. The number of aryl methyl sites for hydroxylation is 8. The summed E-state index contributed by atoms with van der Waals surface area (Å²) in [4.78, 5) is 0. The minimum Gasteiger partial charge on any atom is -0.122 e. The van der Waals surface area contributed by atoms with Gasteiger partial charge in [-0.3, -0.25) is 0 Å². The zero-order valence-corrected chi connectivity index (χ0v) is 34.6. The number of alkyl halides is 4. The van der Waals surface area contributed by atoms with Crippen molar-refractivity contribution >= 4 is 103 Å². The molecule has 0 aliphatic rings. The van der Waals surface area contributed by atoms with E-state index in [1.54, 1.807) is 0 Å². The summed E-state index contributed by atoms with van der Waals surface area (Å²) in [7, 11) is 0. The molecule has 0 amide bonds. The Labute approximate surface area is 332 Å².